The molecule has 7 rings (SSSR count). The van der Waals surface area contributed by atoms with Crippen LogP contribution in [0.1, 0.15) is 126 Å². The second kappa shape index (κ2) is 30.1. The number of carbonyl (C=O) groups excluding carboxylic acids is 3. The van der Waals surface area contributed by atoms with Gasteiger partial charge in [0, 0.05) is 79.2 Å². The molecule has 1 radical (unpaired) electrons. The molecule has 0 unspecified atom stereocenters. The summed E-state index contributed by atoms with van der Waals surface area (Å²) in [5.74, 6) is 8.68. The molecule has 11 heteroatoms. The topological polar surface area (TPSA) is 143 Å². The van der Waals surface area contributed by atoms with Gasteiger partial charge in [-0.15, -0.1) is 0 Å². The van der Waals surface area contributed by atoms with Gasteiger partial charge in [-0.25, -0.2) is 6.92 Å². The Morgan fingerprint density at radius 1 is 0.439 bits per heavy atom. The minimum atomic E-state index is -0.0649. The van der Waals surface area contributed by atoms with Gasteiger partial charge in [-0.1, -0.05) is 33.8 Å². The van der Waals surface area contributed by atoms with E-state index in [2.05, 4.69) is 34.6 Å². The molecule has 0 atom stereocenters. The Balaban J connectivity index is 0.000000641. The van der Waals surface area contributed by atoms with Crippen molar-refractivity contribution in [2.24, 2.45) is 0 Å². The molecule has 0 aliphatic rings. The number of rotatable bonds is 7. The van der Waals surface area contributed by atoms with E-state index in [-0.39, 0.29) is 50.1 Å². The fourth-order valence-corrected chi connectivity index (χ4v) is 4.05. The van der Waals surface area contributed by atoms with E-state index in [0.29, 0.717) is 23.0 Å². The van der Waals surface area contributed by atoms with E-state index in [0.717, 1.165) is 66.0 Å². The Morgan fingerprint density at radius 2 is 0.807 bits per heavy atom. The standard InChI is InChI=1S/C7H8O2.C7H7O2.2C7H10O.C6H6O2.2C6H8O.Y/c2*1-5-3-4-7(9-5)6(2)8;2*1-3-7-5-4-6(2)8-7;1-5(7)6-3-2-4-8-6;2*1-2-6-4-3-5-7-6;/h3-4H,1-2H3;3-4H,1H2,2H3;2*4-5H,3H2,1-2H3;2-4H,1H3;2*3-5H,2H2,1H3;/q;-1;;;;;;. The molecule has 0 spiro atoms. The Kier molecular flexibility index (Phi) is 27.5. The predicted octanol–water partition coefficient (Wildman–Crippen LogP) is 12.9. The zero-order valence-corrected chi connectivity index (χ0v) is 37.8. The third-order valence-electron chi connectivity index (χ3n) is 7.11. The van der Waals surface area contributed by atoms with E-state index in [4.69, 9.17) is 30.9 Å². The quantitative estimate of drug-likeness (QED) is 0.112. The Bertz CT molecular complexity index is 1890. The zero-order chi connectivity index (χ0) is 41.9. The first-order chi connectivity index (χ1) is 26.7. The molecule has 7 heterocycles. The van der Waals surface area contributed by atoms with Crippen molar-refractivity contribution in [3.63, 3.8) is 0 Å². The molecule has 7 aromatic rings. The van der Waals surface area contributed by atoms with Crippen molar-refractivity contribution >= 4 is 17.3 Å². The molecule has 0 aliphatic carbocycles. The average Bonchev–Trinajstić information content (AvgIpc) is 4.03. The Morgan fingerprint density at radius 3 is 0.982 bits per heavy atom. The Labute approximate surface area is 362 Å². The third kappa shape index (κ3) is 23.6. The molecule has 10 nitrogen and oxygen atoms in total. The van der Waals surface area contributed by atoms with Crippen molar-refractivity contribution in [3.8, 4) is 0 Å². The van der Waals surface area contributed by atoms with E-state index in [9.17, 15) is 14.4 Å². The molecule has 0 aliphatic heterocycles. The van der Waals surface area contributed by atoms with Gasteiger partial charge in [-0.2, -0.15) is 6.07 Å². The van der Waals surface area contributed by atoms with Crippen LogP contribution < -0.4 is 0 Å². The molecular formula is C46H57O10Y-. The van der Waals surface area contributed by atoms with Crippen molar-refractivity contribution in [1.82, 2.24) is 0 Å². The number of aryl methyl sites for hydroxylation is 7. The first-order valence-electron chi connectivity index (χ1n) is 18.4. The second-order valence-corrected chi connectivity index (χ2v) is 11.9. The van der Waals surface area contributed by atoms with Gasteiger partial charge in [0.1, 0.15) is 46.1 Å². The molecule has 0 aromatic carbocycles. The van der Waals surface area contributed by atoms with Crippen molar-refractivity contribution in [3.05, 3.63) is 174 Å². The first-order valence-corrected chi connectivity index (χ1v) is 18.4. The largest absolute Gasteiger partial charge is 0.493 e. The smallest absolute Gasteiger partial charge is 0.194 e. The van der Waals surface area contributed by atoms with E-state index in [1.165, 1.54) is 27.0 Å². The summed E-state index contributed by atoms with van der Waals surface area (Å²) in [5.41, 5.74) is 0. The molecule has 305 valence electrons. The van der Waals surface area contributed by atoms with Gasteiger partial charge >= 0.3 is 0 Å². The predicted molar refractivity (Wildman–Crippen MR) is 217 cm³/mol. The molecule has 0 fully saturated rings. The van der Waals surface area contributed by atoms with E-state index in [1.807, 2.05) is 69.3 Å². The van der Waals surface area contributed by atoms with Gasteiger partial charge in [-0.3, -0.25) is 14.4 Å². The van der Waals surface area contributed by atoms with E-state index >= 15 is 0 Å². The number of carbonyl (C=O) groups is 3. The third-order valence-corrected chi connectivity index (χ3v) is 7.11. The van der Waals surface area contributed by atoms with Crippen molar-refractivity contribution in [1.29, 1.82) is 0 Å². The molecular weight excluding hydrogens is 801 g/mol. The fourth-order valence-electron chi connectivity index (χ4n) is 4.05. The Hall–Kier alpha value is -5.06. The summed E-state index contributed by atoms with van der Waals surface area (Å²) in [6.45, 7) is 21.9. The summed E-state index contributed by atoms with van der Waals surface area (Å²) in [4.78, 5) is 31.5. The number of Topliss-reactive ketones (excluding diaryl/α,β-unsaturated/α-hetero) is 3. The van der Waals surface area contributed by atoms with E-state index < -0.39 is 0 Å². The zero-order valence-electron chi connectivity index (χ0n) is 35.0. The van der Waals surface area contributed by atoms with Crippen molar-refractivity contribution in [2.75, 3.05) is 0 Å². The molecule has 0 N–H and O–H groups in total. The molecule has 7 aromatic heterocycles. The monoisotopic (exact) mass is 858 g/mol. The van der Waals surface area contributed by atoms with Crippen LogP contribution in [0.2, 0.25) is 0 Å². The van der Waals surface area contributed by atoms with Gasteiger partial charge in [0.25, 0.3) is 0 Å². The maximum Gasteiger partial charge on any atom is 0.194 e. The summed E-state index contributed by atoms with van der Waals surface area (Å²) < 4.78 is 35.1. The van der Waals surface area contributed by atoms with Crippen LogP contribution in [0.4, 0.5) is 0 Å². The first kappa shape index (κ1) is 51.9. The second-order valence-electron chi connectivity index (χ2n) is 11.9. The molecule has 0 bridgehead atoms. The molecule has 0 saturated heterocycles. The minimum absolute atomic E-state index is 0. The van der Waals surface area contributed by atoms with Crippen LogP contribution in [0.25, 0.3) is 0 Å². The summed E-state index contributed by atoms with van der Waals surface area (Å²) in [7, 11) is 0. The van der Waals surface area contributed by atoms with Crippen LogP contribution in [0.5, 0.6) is 0 Å². The number of ketones is 3. The van der Waals surface area contributed by atoms with Crippen molar-refractivity contribution in [2.45, 2.75) is 94.9 Å². The number of hydrogen-bond donors (Lipinski definition) is 0. The van der Waals surface area contributed by atoms with Crippen LogP contribution in [-0.2, 0) is 58.4 Å². The van der Waals surface area contributed by atoms with Crippen LogP contribution in [-0.4, -0.2) is 17.3 Å². The summed E-state index contributed by atoms with van der Waals surface area (Å²) >= 11 is 0. The number of hydrogen-bond acceptors (Lipinski definition) is 10. The van der Waals surface area contributed by atoms with Crippen LogP contribution in [0.3, 0.4) is 0 Å². The van der Waals surface area contributed by atoms with Gasteiger partial charge in [0.2, 0.25) is 0 Å². The molecule has 0 saturated carbocycles. The van der Waals surface area contributed by atoms with Crippen LogP contribution in [0.15, 0.2) is 135 Å². The maximum absolute atomic E-state index is 10.6. The van der Waals surface area contributed by atoms with Gasteiger partial charge in [0.05, 0.1) is 18.8 Å². The van der Waals surface area contributed by atoms with Gasteiger partial charge in [-0.05, 0) is 99.3 Å². The van der Waals surface area contributed by atoms with Crippen LogP contribution in [0, 0.1) is 27.7 Å². The van der Waals surface area contributed by atoms with E-state index in [1.54, 1.807) is 48.9 Å². The van der Waals surface area contributed by atoms with Gasteiger partial charge in [0.15, 0.2) is 28.9 Å². The number of furan rings is 7. The fraction of sp³-hybridized carbons (Fsp3) is 0.304. The van der Waals surface area contributed by atoms with Crippen molar-refractivity contribution < 1.29 is 78.0 Å². The summed E-state index contributed by atoms with van der Waals surface area (Å²) in [5, 5.41) is 0. The minimum Gasteiger partial charge on any atom is -0.493 e. The maximum atomic E-state index is 10.6. The van der Waals surface area contributed by atoms with Crippen LogP contribution >= 0.6 is 0 Å². The SMILES string of the molecule is CC(=O)c1ccc(C)o1.CC(=O)c1ccco1.CCc1ccc(C)o1.CCc1ccc(C)o1.CCc1ccco1.CCc1ccco1.[CH2-]c1ccc(C(C)=O)o1.[Y]. The summed E-state index contributed by atoms with van der Waals surface area (Å²) in [6, 6.07) is 25.8. The normalized spacial score (nSPS) is 9.30. The molecule has 57 heavy (non-hydrogen) atoms. The van der Waals surface area contributed by atoms with Gasteiger partial charge < -0.3 is 30.9 Å². The summed E-state index contributed by atoms with van der Waals surface area (Å²) in [6.07, 6.45) is 8.84. The molecule has 0 amide bonds. The average molecular weight is 859 g/mol.